The van der Waals surface area contributed by atoms with Gasteiger partial charge in [0.15, 0.2) is 5.03 Å². The number of sulfonamides is 1. The predicted molar refractivity (Wildman–Crippen MR) is 89.1 cm³/mol. The molecule has 2 N–H and O–H groups in total. The molecule has 8 heteroatoms. The van der Waals surface area contributed by atoms with Gasteiger partial charge >= 0.3 is 0 Å². The molecular formula is C13H16BrN3O2S2. The molecule has 0 spiro atoms. The zero-order valence-electron chi connectivity index (χ0n) is 11.5. The van der Waals surface area contributed by atoms with Gasteiger partial charge in [-0.1, -0.05) is 6.92 Å². The van der Waals surface area contributed by atoms with E-state index in [0.717, 1.165) is 15.8 Å². The highest BCUT2D eigenvalue weighted by Gasteiger charge is 2.20. The number of nitrogens with one attached hydrogen (secondary N) is 2. The third-order valence-corrected chi connectivity index (χ3v) is 5.99. The summed E-state index contributed by atoms with van der Waals surface area (Å²) in [7, 11) is -3.65. The van der Waals surface area contributed by atoms with Gasteiger partial charge in [-0.15, -0.1) is 11.3 Å². The van der Waals surface area contributed by atoms with Crippen molar-refractivity contribution in [3.63, 3.8) is 0 Å². The Bertz CT molecular complexity index is 701. The van der Waals surface area contributed by atoms with Crippen molar-refractivity contribution in [1.29, 1.82) is 0 Å². The fraction of sp³-hybridized carbons (Fsp3) is 0.308. The largest absolute Gasteiger partial charge is 0.383 e. The molecule has 5 nitrogen and oxygen atoms in total. The molecule has 0 fully saturated rings. The first-order chi connectivity index (χ1) is 10.0. The van der Waals surface area contributed by atoms with Crippen molar-refractivity contribution < 1.29 is 8.42 Å². The van der Waals surface area contributed by atoms with Gasteiger partial charge in [0.05, 0.1) is 5.69 Å². The molecule has 2 aromatic heterocycles. The molecule has 2 heterocycles. The molecule has 0 saturated carbocycles. The molecule has 0 amide bonds. The van der Waals surface area contributed by atoms with Crippen molar-refractivity contribution >= 4 is 43.0 Å². The Labute approximate surface area is 137 Å². The Morgan fingerprint density at radius 1 is 1.38 bits per heavy atom. The van der Waals surface area contributed by atoms with E-state index in [2.05, 4.69) is 31.0 Å². The number of nitrogens with zero attached hydrogens (tertiary/aromatic N) is 1. The lowest BCUT2D eigenvalue weighted by atomic mass is 10.4. The number of anilines is 1. The highest BCUT2D eigenvalue weighted by atomic mass is 79.9. The van der Waals surface area contributed by atoms with E-state index in [1.165, 1.54) is 17.5 Å². The van der Waals surface area contributed by atoms with E-state index in [1.807, 2.05) is 18.4 Å². The topological polar surface area (TPSA) is 71.1 Å². The summed E-state index contributed by atoms with van der Waals surface area (Å²) in [5.74, 6) is 0. The first-order valence-electron chi connectivity index (χ1n) is 6.45. The number of aromatic nitrogens is 1. The molecule has 0 saturated heterocycles. The monoisotopic (exact) mass is 389 g/mol. The summed E-state index contributed by atoms with van der Waals surface area (Å²) in [4.78, 5) is 4.93. The third kappa shape index (κ3) is 4.26. The molecule has 2 aromatic rings. The van der Waals surface area contributed by atoms with Crippen LogP contribution in [0, 0.1) is 0 Å². The number of halogens is 1. The molecular weight excluding hydrogens is 374 g/mol. The van der Waals surface area contributed by atoms with E-state index < -0.39 is 10.0 Å². The molecule has 0 atom stereocenters. The fourth-order valence-corrected chi connectivity index (χ4v) is 4.30. The van der Waals surface area contributed by atoms with Crippen molar-refractivity contribution in [2.24, 2.45) is 0 Å². The summed E-state index contributed by atoms with van der Waals surface area (Å²) >= 11 is 4.88. The van der Waals surface area contributed by atoms with Crippen LogP contribution in [0.4, 0.5) is 5.69 Å². The van der Waals surface area contributed by atoms with Gasteiger partial charge in [0.2, 0.25) is 0 Å². The van der Waals surface area contributed by atoms with Gasteiger partial charge in [0, 0.05) is 28.6 Å². The maximum Gasteiger partial charge on any atom is 0.260 e. The van der Waals surface area contributed by atoms with Gasteiger partial charge in [0.25, 0.3) is 10.0 Å². The molecule has 0 aromatic carbocycles. The molecule has 0 aliphatic carbocycles. The summed E-state index contributed by atoms with van der Waals surface area (Å²) in [5, 5.41) is 5.02. The van der Waals surface area contributed by atoms with Crippen LogP contribution in [0.3, 0.4) is 0 Å². The van der Waals surface area contributed by atoms with Gasteiger partial charge in [-0.25, -0.2) is 18.1 Å². The van der Waals surface area contributed by atoms with Crippen molar-refractivity contribution in [2.75, 3.05) is 11.9 Å². The zero-order chi connectivity index (χ0) is 15.3. The molecule has 0 aliphatic heterocycles. The van der Waals surface area contributed by atoms with Crippen molar-refractivity contribution in [3.8, 4) is 0 Å². The van der Waals surface area contributed by atoms with E-state index in [0.29, 0.717) is 12.2 Å². The maximum absolute atomic E-state index is 12.4. The SMILES string of the molecule is CCCNc1cccnc1S(=O)(=O)NCc1sccc1Br. The Morgan fingerprint density at radius 2 is 2.19 bits per heavy atom. The summed E-state index contributed by atoms with van der Waals surface area (Å²) in [6.07, 6.45) is 2.39. The van der Waals surface area contributed by atoms with Gasteiger partial charge in [0.1, 0.15) is 0 Å². The first kappa shape index (κ1) is 16.4. The molecule has 21 heavy (non-hydrogen) atoms. The van der Waals surface area contributed by atoms with Gasteiger partial charge in [-0.05, 0) is 45.9 Å². The average molecular weight is 390 g/mol. The van der Waals surface area contributed by atoms with Crippen LogP contribution in [0.2, 0.25) is 0 Å². The summed E-state index contributed by atoms with van der Waals surface area (Å²) < 4.78 is 28.3. The van der Waals surface area contributed by atoms with E-state index in [1.54, 1.807) is 12.1 Å². The standard InChI is InChI=1S/C13H16BrN3O2S2/c1-2-6-15-11-4-3-7-16-13(11)21(18,19)17-9-12-10(14)5-8-20-12/h3-5,7-8,15,17H,2,6,9H2,1H3. The van der Waals surface area contributed by atoms with Crippen LogP contribution >= 0.6 is 27.3 Å². The molecule has 114 valence electrons. The van der Waals surface area contributed by atoms with Crippen LogP contribution in [-0.2, 0) is 16.6 Å². The number of pyridine rings is 1. The molecule has 0 radical (unpaired) electrons. The van der Waals surface area contributed by atoms with Gasteiger partial charge < -0.3 is 5.32 Å². The van der Waals surface area contributed by atoms with Crippen LogP contribution in [0.5, 0.6) is 0 Å². The first-order valence-corrected chi connectivity index (χ1v) is 9.60. The van der Waals surface area contributed by atoms with E-state index in [-0.39, 0.29) is 11.6 Å². The third-order valence-electron chi connectivity index (χ3n) is 2.70. The molecule has 2 rings (SSSR count). The lowest BCUT2D eigenvalue weighted by Gasteiger charge is -2.11. The highest BCUT2D eigenvalue weighted by Crippen LogP contribution is 2.23. The smallest absolute Gasteiger partial charge is 0.260 e. The van der Waals surface area contributed by atoms with Crippen molar-refractivity contribution in [3.05, 3.63) is 39.1 Å². The summed E-state index contributed by atoms with van der Waals surface area (Å²) in [5.41, 5.74) is 0.525. The lowest BCUT2D eigenvalue weighted by molar-refractivity contribution is 0.578. The number of hydrogen-bond donors (Lipinski definition) is 2. The molecule has 0 aliphatic rings. The second-order valence-corrected chi connectivity index (χ2v) is 7.84. The number of hydrogen-bond acceptors (Lipinski definition) is 5. The van der Waals surface area contributed by atoms with Gasteiger partial charge in [-0.3, -0.25) is 0 Å². The van der Waals surface area contributed by atoms with Gasteiger partial charge in [-0.2, -0.15) is 0 Å². The Morgan fingerprint density at radius 3 is 2.86 bits per heavy atom. The van der Waals surface area contributed by atoms with Crippen molar-refractivity contribution in [2.45, 2.75) is 24.9 Å². The number of thiophene rings is 1. The summed E-state index contributed by atoms with van der Waals surface area (Å²) in [6.45, 7) is 2.96. The normalized spacial score (nSPS) is 11.5. The minimum atomic E-state index is -3.65. The lowest BCUT2D eigenvalue weighted by Crippen LogP contribution is -2.25. The summed E-state index contributed by atoms with van der Waals surface area (Å²) in [6, 6.07) is 5.33. The minimum Gasteiger partial charge on any atom is -0.383 e. The predicted octanol–water partition coefficient (Wildman–Crippen LogP) is 3.21. The van der Waals surface area contributed by atoms with Crippen LogP contribution in [0.25, 0.3) is 0 Å². The van der Waals surface area contributed by atoms with E-state index in [4.69, 9.17) is 0 Å². The zero-order valence-corrected chi connectivity index (χ0v) is 14.7. The molecule has 0 unspecified atom stereocenters. The second-order valence-electron chi connectivity index (χ2n) is 4.30. The maximum atomic E-state index is 12.4. The second kappa shape index (κ2) is 7.35. The van der Waals surface area contributed by atoms with E-state index in [9.17, 15) is 8.42 Å². The van der Waals surface area contributed by atoms with Crippen LogP contribution < -0.4 is 10.0 Å². The average Bonchev–Trinajstić information content (AvgIpc) is 2.89. The number of rotatable bonds is 7. The van der Waals surface area contributed by atoms with Crippen molar-refractivity contribution in [1.82, 2.24) is 9.71 Å². The Kier molecular flexibility index (Phi) is 5.74. The Hall–Kier alpha value is -0.960. The van der Waals surface area contributed by atoms with Crippen LogP contribution in [-0.4, -0.2) is 19.9 Å². The Balaban J connectivity index is 2.17. The molecule has 0 bridgehead atoms. The quantitative estimate of drug-likeness (QED) is 0.762. The van der Waals surface area contributed by atoms with E-state index >= 15 is 0 Å². The fourth-order valence-electron chi connectivity index (χ4n) is 1.68. The van der Waals surface area contributed by atoms with Crippen LogP contribution in [0.1, 0.15) is 18.2 Å². The highest BCUT2D eigenvalue weighted by molar-refractivity contribution is 9.10. The van der Waals surface area contributed by atoms with Crippen LogP contribution in [0.15, 0.2) is 39.3 Å². The minimum absolute atomic E-state index is 0.0335.